The normalized spacial score (nSPS) is 20.1. The topological polar surface area (TPSA) is 54.5 Å². The van der Waals surface area contributed by atoms with E-state index in [0.29, 0.717) is 0 Å². The minimum absolute atomic E-state index is 0.0569. The molecular weight excluding hydrogens is 337 g/mol. The largest absolute Gasteiger partial charge is 0.274 e. The number of hydrogen-bond donors (Lipinski definition) is 0. The van der Waals surface area contributed by atoms with Crippen molar-refractivity contribution in [3.05, 3.63) is 28.5 Å². The van der Waals surface area contributed by atoms with Gasteiger partial charge in [0.1, 0.15) is 10.7 Å². The number of rotatable bonds is 3. The smallest absolute Gasteiger partial charge is 0.267 e. The summed E-state index contributed by atoms with van der Waals surface area (Å²) >= 11 is 3.02. The van der Waals surface area contributed by atoms with Gasteiger partial charge in [-0.2, -0.15) is 0 Å². The van der Waals surface area contributed by atoms with Crippen LogP contribution in [0.4, 0.5) is 4.39 Å². The SMILES string of the molecule is CCC1CC(=O)N(S(=O)(=O)c2ccc(F)cc2Br)C1. The second kappa shape index (κ2) is 5.20. The van der Waals surface area contributed by atoms with Crippen molar-refractivity contribution in [1.82, 2.24) is 4.31 Å². The number of amides is 1. The summed E-state index contributed by atoms with van der Waals surface area (Å²) < 4.78 is 38.8. The number of carbonyl (C=O) groups is 1. The van der Waals surface area contributed by atoms with Gasteiger partial charge in [-0.3, -0.25) is 4.79 Å². The Balaban J connectivity index is 2.40. The molecule has 1 fully saturated rings. The van der Waals surface area contributed by atoms with Crippen molar-refractivity contribution in [2.45, 2.75) is 24.7 Å². The molecule has 1 aliphatic rings. The molecule has 0 radical (unpaired) electrons. The molecule has 4 nitrogen and oxygen atoms in total. The Kier molecular flexibility index (Phi) is 3.96. The molecule has 0 aromatic heterocycles. The average Bonchev–Trinajstić information content (AvgIpc) is 2.70. The zero-order valence-electron chi connectivity index (χ0n) is 10.3. The highest BCUT2D eigenvalue weighted by Crippen LogP contribution is 2.31. The molecule has 104 valence electrons. The van der Waals surface area contributed by atoms with E-state index in [1.54, 1.807) is 0 Å². The molecular formula is C12H13BrFNO3S. The third kappa shape index (κ3) is 2.67. The van der Waals surface area contributed by atoms with Crippen LogP contribution in [0.15, 0.2) is 27.6 Å². The van der Waals surface area contributed by atoms with Gasteiger partial charge in [-0.05, 0) is 40.0 Å². The molecule has 0 aliphatic carbocycles. The lowest BCUT2D eigenvalue weighted by atomic mass is 10.1. The average molecular weight is 350 g/mol. The van der Waals surface area contributed by atoms with Crippen molar-refractivity contribution in [2.75, 3.05) is 6.54 Å². The fourth-order valence-corrected chi connectivity index (χ4v) is 4.56. The summed E-state index contributed by atoms with van der Waals surface area (Å²) in [7, 11) is -3.91. The lowest BCUT2D eigenvalue weighted by Crippen LogP contribution is -2.32. The number of sulfonamides is 1. The van der Waals surface area contributed by atoms with Gasteiger partial charge in [0, 0.05) is 17.4 Å². The van der Waals surface area contributed by atoms with Gasteiger partial charge in [-0.25, -0.2) is 17.1 Å². The summed E-state index contributed by atoms with van der Waals surface area (Å²) in [5.41, 5.74) is 0. The molecule has 1 atom stereocenters. The molecule has 0 bridgehead atoms. The van der Waals surface area contributed by atoms with Crippen LogP contribution < -0.4 is 0 Å². The number of halogens is 2. The minimum atomic E-state index is -3.91. The first-order valence-corrected chi connectivity index (χ1v) is 8.10. The fourth-order valence-electron chi connectivity index (χ4n) is 2.06. The summed E-state index contributed by atoms with van der Waals surface area (Å²) in [6.45, 7) is 2.11. The van der Waals surface area contributed by atoms with Crippen LogP contribution in [0.2, 0.25) is 0 Å². The predicted octanol–water partition coefficient (Wildman–Crippen LogP) is 2.54. The van der Waals surface area contributed by atoms with Gasteiger partial charge in [0.15, 0.2) is 0 Å². The number of benzene rings is 1. The second-order valence-corrected chi connectivity index (χ2v) is 7.17. The van der Waals surface area contributed by atoms with E-state index < -0.39 is 21.7 Å². The molecule has 1 heterocycles. The maximum atomic E-state index is 13.0. The summed E-state index contributed by atoms with van der Waals surface area (Å²) in [5.74, 6) is -0.880. The zero-order chi connectivity index (χ0) is 14.2. The molecule has 1 aromatic rings. The van der Waals surface area contributed by atoms with E-state index in [1.807, 2.05) is 6.92 Å². The highest BCUT2D eigenvalue weighted by Gasteiger charge is 2.38. The summed E-state index contributed by atoms with van der Waals surface area (Å²) in [4.78, 5) is 11.7. The van der Waals surface area contributed by atoms with Crippen molar-refractivity contribution in [3.63, 3.8) is 0 Å². The van der Waals surface area contributed by atoms with Gasteiger partial charge in [0.2, 0.25) is 5.91 Å². The Morgan fingerprint density at radius 2 is 2.16 bits per heavy atom. The van der Waals surface area contributed by atoms with Crippen LogP contribution in [-0.4, -0.2) is 25.2 Å². The lowest BCUT2D eigenvalue weighted by Gasteiger charge is -2.17. The van der Waals surface area contributed by atoms with Gasteiger partial charge in [-0.15, -0.1) is 0 Å². The van der Waals surface area contributed by atoms with Crippen molar-refractivity contribution in [2.24, 2.45) is 5.92 Å². The maximum absolute atomic E-state index is 13.0. The quantitative estimate of drug-likeness (QED) is 0.842. The molecule has 7 heteroatoms. The monoisotopic (exact) mass is 349 g/mol. The van der Waals surface area contributed by atoms with E-state index in [2.05, 4.69) is 15.9 Å². The molecule has 1 aromatic carbocycles. The molecule has 19 heavy (non-hydrogen) atoms. The molecule has 1 saturated heterocycles. The highest BCUT2D eigenvalue weighted by molar-refractivity contribution is 9.10. The standard InChI is InChI=1S/C12H13BrFNO3S/c1-2-8-5-12(16)15(7-8)19(17,18)11-4-3-9(14)6-10(11)13/h3-4,6,8H,2,5,7H2,1H3. The van der Waals surface area contributed by atoms with Gasteiger partial charge in [-0.1, -0.05) is 13.3 Å². The fraction of sp³-hybridized carbons (Fsp3) is 0.417. The van der Waals surface area contributed by atoms with Crippen LogP contribution >= 0.6 is 15.9 Å². The van der Waals surface area contributed by atoms with Crippen molar-refractivity contribution < 1.29 is 17.6 Å². The lowest BCUT2D eigenvalue weighted by molar-refractivity contribution is -0.123. The van der Waals surface area contributed by atoms with E-state index in [1.165, 1.54) is 6.07 Å². The molecule has 1 amide bonds. The van der Waals surface area contributed by atoms with E-state index in [-0.39, 0.29) is 28.3 Å². The van der Waals surface area contributed by atoms with E-state index >= 15 is 0 Å². The Bertz CT molecular complexity index is 617. The van der Waals surface area contributed by atoms with Crippen LogP contribution in [0.3, 0.4) is 0 Å². The van der Waals surface area contributed by atoms with Crippen molar-refractivity contribution in [1.29, 1.82) is 0 Å². The molecule has 2 rings (SSSR count). The molecule has 0 saturated carbocycles. The van der Waals surface area contributed by atoms with Crippen LogP contribution in [0.5, 0.6) is 0 Å². The van der Waals surface area contributed by atoms with E-state index in [0.717, 1.165) is 22.9 Å². The van der Waals surface area contributed by atoms with Crippen LogP contribution in [0.25, 0.3) is 0 Å². The molecule has 0 N–H and O–H groups in total. The Morgan fingerprint density at radius 1 is 1.47 bits per heavy atom. The molecule has 1 unspecified atom stereocenters. The second-order valence-electron chi connectivity index (χ2n) is 4.48. The third-order valence-corrected chi connectivity index (χ3v) is 5.97. The van der Waals surface area contributed by atoms with Gasteiger partial charge < -0.3 is 0 Å². The molecule has 1 aliphatic heterocycles. The van der Waals surface area contributed by atoms with E-state index in [4.69, 9.17) is 0 Å². The van der Waals surface area contributed by atoms with Gasteiger partial charge in [0.05, 0.1) is 0 Å². The summed E-state index contributed by atoms with van der Waals surface area (Å²) in [6, 6.07) is 3.31. The Labute approximate surface area is 119 Å². The first kappa shape index (κ1) is 14.5. The van der Waals surface area contributed by atoms with Crippen LogP contribution in [0, 0.1) is 11.7 Å². The van der Waals surface area contributed by atoms with E-state index in [9.17, 15) is 17.6 Å². The maximum Gasteiger partial charge on any atom is 0.267 e. The minimum Gasteiger partial charge on any atom is -0.274 e. The zero-order valence-corrected chi connectivity index (χ0v) is 12.7. The Hall–Kier alpha value is -0.950. The molecule has 0 spiro atoms. The van der Waals surface area contributed by atoms with Gasteiger partial charge >= 0.3 is 0 Å². The number of hydrogen-bond acceptors (Lipinski definition) is 3. The predicted molar refractivity (Wildman–Crippen MR) is 71.4 cm³/mol. The highest BCUT2D eigenvalue weighted by atomic mass is 79.9. The first-order chi connectivity index (χ1) is 8.86. The summed E-state index contributed by atoms with van der Waals surface area (Å²) in [6.07, 6.45) is 0.997. The van der Waals surface area contributed by atoms with Crippen molar-refractivity contribution >= 4 is 31.9 Å². The Morgan fingerprint density at radius 3 is 2.68 bits per heavy atom. The first-order valence-electron chi connectivity index (χ1n) is 5.87. The van der Waals surface area contributed by atoms with Crippen LogP contribution in [0.1, 0.15) is 19.8 Å². The summed E-state index contributed by atoms with van der Waals surface area (Å²) in [5, 5.41) is 0. The number of nitrogens with zero attached hydrogens (tertiary/aromatic N) is 1. The third-order valence-electron chi connectivity index (χ3n) is 3.20. The van der Waals surface area contributed by atoms with Crippen LogP contribution in [-0.2, 0) is 14.8 Å². The van der Waals surface area contributed by atoms with Crippen molar-refractivity contribution in [3.8, 4) is 0 Å². The number of carbonyl (C=O) groups excluding carboxylic acids is 1. The van der Waals surface area contributed by atoms with Gasteiger partial charge in [0.25, 0.3) is 10.0 Å².